The van der Waals surface area contributed by atoms with Gasteiger partial charge in [0.15, 0.2) is 0 Å². The maximum Gasteiger partial charge on any atom is 0.244 e. The van der Waals surface area contributed by atoms with Crippen molar-refractivity contribution < 1.29 is 18.0 Å². The molecular weight excluding hydrogens is 521 g/mol. The van der Waals surface area contributed by atoms with Gasteiger partial charge in [-0.05, 0) is 55.0 Å². The zero-order valence-electron chi connectivity index (χ0n) is 21.6. The number of sulfonamides is 1. The summed E-state index contributed by atoms with van der Waals surface area (Å²) in [4.78, 5) is 28.3. The van der Waals surface area contributed by atoms with Crippen molar-refractivity contribution in [1.82, 2.24) is 10.2 Å². The quantitative estimate of drug-likeness (QED) is 0.424. The summed E-state index contributed by atoms with van der Waals surface area (Å²) in [6, 6.07) is 9.63. The molecule has 0 heterocycles. The number of carbonyl (C=O) groups excluding carboxylic acids is 2. The van der Waals surface area contributed by atoms with Crippen LogP contribution in [0.2, 0.25) is 10.0 Å². The van der Waals surface area contributed by atoms with Gasteiger partial charge < -0.3 is 10.2 Å². The molecule has 2 aromatic carbocycles. The molecule has 0 fully saturated rings. The van der Waals surface area contributed by atoms with Crippen LogP contribution >= 0.6 is 23.2 Å². The normalized spacial score (nSPS) is 12.4. The SMILES string of the molecule is CC[C@@H](C(=O)NCC(C)C)N(Cc1ccc(Cl)c(Cl)c1)C(=O)CN(c1c(C)cccc1C)S(C)(=O)=O. The van der Waals surface area contributed by atoms with E-state index >= 15 is 0 Å². The van der Waals surface area contributed by atoms with Gasteiger partial charge in [0.05, 0.1) is 22.0 Å². The molecule has 10 heteroatoms. The number of rotatable bonds is 11. The van der Waals surface area contributed by atoms with Gasteiger partial charge in [0.25, 0.3) is 0 Å². The third kappa shape index (κ3) is 7.85. The summed E-state index contributed by atoms with van der Waals surface area (Å²) in [5, 5.41) is 3.60. The second kappa shape index (κ2) is 12.8. The molecule has 198 valence electrons. The molecule has 7 nitrogen and oxygen atoms in total. The second-order valence-corrected chi connectivity index (χ2v) is 12.1. The van der Waals surface area contributed by atoms with Crippen LogP contribution < -0.4 is 9.62 Å². The van der Waals surface area contributed by atoms with E-state index < -0.39 is 28.5 Å². The molecule has 2 aromatic rings. The molecule has 0 bridgehead atoms. The lowest BCUT2D eigenvalue weighted by molar-refractivity contribution is -0.140. The third-order valence-corrected chi connectivity index (χ3v) is 7.63. The van der Waals surface area contributed by atoms with Crippen LogP contribution in [0.1, 0.15) is 43.9 Å². The highest BCUT2D eigenvalue weighted by atomic mass is 35.5. The van der Waals surface area contributed by atoms with E-state index in [0.29, 0.717) is 34.3 Å². The summed E-state index contributed by atoms with van der Waals surface area (Å²) in [7, 11) is -3.80. The lowest BCUT2D eigenvalue weighted by Gasteiger charge is -2.33. The molecule has 0 aliphatic heterocycles. The van der Waals surface area contributed by atoms with E-state index in [1.54, 1.807) is 44.2 Å². The Morgan fingerprint density at radius 2 is 1.64 bits per heavy atom. The predicted molar refractivity (Wildman–Crippen MR) is 147 cm³/mol. The first kappa shape index (κ1) is 29.9. The summed E-state index contributed by atoms with van der Waals surface area (Å²) in [6.07, 6.45) is 1.42. The standard InChI is InChI=1S/C26H35Cl2N3O4S/c1-7-23(26(33)29-14-17(2)3)30(15-20-11-12-21(27)22(28)13-20)24(32)16-31(36(6,34)35)25-18(4)9-8-10-19(25)5/h8-13,17,23H,7,14-16H2,1-6H3,(H,29,33)/t23-/m0/s1. The van der Waals surface area contributed by atoms with Gasteiger partial charge in [-0.1, -0.05) is 68.2 Å². The van der Waals surface area contributed by atoms with Crippen molar-refractivity contribution >= 4 is 50.7 Å². The topological polar surface area (TPSA) is 86.8 Å². The Morgan fingerprint density at radius 1 is 1.03 bits per heavy atom. The van der Waals surface area contributed by atoms with Crippen LogP contribution in [0, 0.1) is 19.8 Å². The second-order valence-electron chi connectivity index (χ2n) is 9.34. The number of amides is 2. The molecule has 0 aliphatic rings. The molecule has 1 N–H and O–H groups in total. The zero-order chi connectivity index (χ0) is 27.2. The first-order valence-corrected chi connectivity index (χ1v) is 14.4. The minimum Gasteiger partial charge on any atom is -0.354 e. The van der Waals surface area contributed by atoms with Crippen molar-refractivity contribution in [1.29, 1.82) is 0 Å². The monoisotopic (exact) mass is 555 g/mol. The van der Waals surface area contributed by atoms with E-state index in [0.717, 1.165) is 21.7 Å². The third-order valence-electron chi connectivity index (χ3n) is 5.78. The smallest absolute Gasteiger partial charge is 0.244 e. The Kier molecular flexibility index (Phi) is 10.6. The molecule has 0 unspecified atom stereocenters. The maximum atomic E-state index is 13.8. The first-order chi connectivity index (χ1) is 16.8. The Labute approximate surface area is 224 Å². The number of benzene rings is 2. The molecule has 0 spiro atoms. The number of hydrogen-bond donors (Lipinski definition) is 1. The average Bonchev–Trinajstić information content (AvgIpc) is 2.78. The van der Waals surface area contributed by atoms with Crippen LogP contribution in [0.15, 0.2) is 36.4 Å². The van der Waals surface area contributed by atoms with Crippen molar-refractivity contribution in [3.05, 3.63) is 63.1 Å². The molecule has 2 rings (SSSR count). The molecule has 0 aromatic heterocycles. The molecular formula is C26H35Cl2N3O4S. The molecule has 0 aliphatic carbocycles. The summed E-state index contributed by atoms with van der Waals surface area (Å²) in [5.41, 5.74) is 2.59. The predicted octanol–water partition coefficient (Wildman–Crippen LogP) is 4.96. The molecule has 2 amide bonds. The number of nitrogens with zero attached hydrogens (tertiary/aromatic N) is 2. The largest absolute Gasteiger partial charge is 0.354 e. The van der Waals surface area contributed by atoms with E-state index in [4.69, 9.17) is 23.2 Å². The number of halogens is 2. The summed E-state index contributed by atoms with van der Waals surface area (Å²) in [6.45, 7) is 9.45. The molecule has 1 atom stereocenters. The zero-order valence-corrected chi connectivity index (χ0v) is 24.0. The number of para-hydroxylation sites is 1. The Bertz CT molecular complexity index is 1180. The lowest BCUT2D eigenvalue weighted by Crippen LogP contribution is -2.52. The van der Waals surface area contributed by atoms with Gasteiger partial charge in [-0.15, -0.1) is 0 Å². The fourth-order valence-corrected chi connectivity index (χ4v) is 5.24. The average molecular weight is 557 g/mol. The van der Waals surface area contributed by atoms with Gasteiger partial charge in [-0.2, -0.15) is 0 Å². The van der Waals surface area contributed by atoms with Crippen LogP contribution in [0.25, 0.3) is 0 Å². The van der Waals surface area contributed by atoms with Crippen LogP contribution in [-0.2, 0) is 26.2 Å². The molecule has 0 radical (unpaired) electrons. The molecule has 36 heavy (non-hydrogen) atoms. The van der Waals surface area contributed by atoms with E-state index in [-0.39, 0.29) is 18.4 Å². The number of carbonyl (C=O) groups is 2. The van der Waals surface area contributed by atoms with Gasteiger partial charge in [0.2, 0.25) is 21.8 Å². The van der Waals surface area contributed by atoms with Crippen LogP contribution in [0.4, 0.5) is 5.69 Å². The first-order valence-electron chi connectivity index (χ1n) is 11.8. The number of hydrogen-bond acceptors (Lipinski definition) is 4. The minimum atomic E-state index is -3.80. The van der Waals surface area contributed by atoms with Crippen molar-refractivity contribution in [3.63, 3.8) is 0 Å². The van der Waals surface area contributed by atoms with E-state index in [2.05, 4.69) is 5.32 Å². The Hall–Kier alpha value is -2.29. The van der Waals surface area contributed by atoms with Gasteiger partial charge in [-0.3, -0.25) is 13.9 Å². The Balaban J connectivity index is 2.50. The van der Waals surface area contributed by atoms with Gasteiger partial charge in [0.1, 0.15) is 12.6 Å². The van der Waals surface area contributed by atoms with Gasteiger partial charge in [0, 0.05) is 13.1 Å². The van der Waals surface area contributed by atoms with Crippen molar-refractivity contribution in [2.24, 2.45) is 5.92 Å². The van der Waals surface area contributed by atoms with Gasteiger partial charge >= 0.3 is 0 Å². The summed E-state index contributed by atoms with van der Waals surface area (Å²) in [5.74, 6) is -0.561. The summed E-state index contributed by atoms with van der Waals surface area (Å²) < 4.78 is 26.8. The van der Waals surface area contributed by atoms with E-state index in [9.17, 15) is 18.0 Å². The van der Waals surface area contributed by atoms with E-state index in [1.807, 2.05) is 26.8 Å². The van der Waals surface area contributed by atoms with Crippen LogP contribution in [-0.4, -0.2) is 50.5 Å². The number of anilines is 1. The van der Waals surface area contributed by atoms with Crippen molar-refractivity contribution in [2.45, 2.75) is 53.6 Å². The highest BCUT2D eigenvalue weighted by molar-refractivity contribution is 7.92. The number of aryl methyl sites for hydroxylation is 2. The lowest BCUT2D eigenvalue weighted by atomic mass is 10.1. The van der Waals surface area contributed by atoms with Crippen LogP contribution in [0.3, 0.4) is 0 Å². The summed E-state index contributed by atoms with van der Waals surface area (Å²) >= 11 is 12.3. The van der Waals surface area contributed by atoms with Crippen molar-refractivity contribution in [2.75, 3.05) is 23.7 Å². The maximum absolute atomic E-state index is 13.8. The van der Waals surface area contributed by atoms with Gasteiger partial charge in [-0.25, -0.2) is 8.42 Å². The highest BCUT2D eigenvalue weighted by Gasteiger charge is 2.32. The molecule has 0 saturated heterocycles. The van der Waals surface area contributed by atoms with Crippen LogP contribution in [0.5, 0.6) is 0 Å². The fourth-order valence-electron chi connectivity index (χ4n) is 3.95. The Morgan fingerprint density at radius 3 is 2.14 bits per heavy atom. The highest BCUT2D eigenvalue weighted by Crippen LogP contribution is 2.28. The minimum absolute atomic E-state index is 0.0632. The van der Waals surface area contributed by atoms with Crippen molar-refractivity contribution in [3.8, 4) is 0 Å². The van der Waals surface area contributed by atoms with E-state index in [1.165, 1.54) is 4.90 Å². The molecule has 0 saturated carbocycles. The fraction of sp³-hybridized carbons (Fsp3) is 0.462. The number of nitrogens with one attached hydrogen (secondary N) is 1.